The maximum absolute atomic E-state index is 10.5. The average molecular weight is 239 g/mol. The zero-order chi connectivity index (χ0) is 11.5. The molecule has 2 aromatic rings. The highest BCUT2D eigenvalue weighted by Gasteiger charge is 2.10. The predicted molar refractivity (Wildman–Crippen MR) is 57.6 cm³/mol. The fourth-order valence-corrected chi connectivity index (χ4v) is 1.80. The highest BCUT2D eigenvalue weighted by molar-refractivity contribution is 7.09. The molecule has 0 saturated carbocycles. The van der Waals surface area contributed by atoms with Gasteiger partial charge in [0.05, 0.1) is 6.54 Å². The molecule has 2 aromatic heterocycles. The number of rotatable bonds is 4. The monoisotopic (exact) mass is 239 g/mol. The number of carboxylic acids is 1. The van der Waals surface area contributed by atoms with E-state index in [4.69, 9.17) is 9.52 Å². The van der Waals surface area contributed by atoms with Crippen LogP contribution in [-0.2, 0) is 6.54 Å². The molecule has 2 N–H and O–H groups in total. The zero-order valence-corrected chi connectivity index (χ0v) is 9.24. The maximum atomic E-state index is 10.5. The van der Waals surface area contributed by atoms with Crippen molar-refractivity contribution in [2.24, 2.45) is 0 Å². The lowest BCUT2D eigenvalue weighted by Gasteiger charge is -1.96. The van der Waals surface area contributed by atoms with Crippen LogP contribution in [0.25, 0.3) is 0 Å². The summed E-state index contributed by atoms with van der Waals surface area (Å²) in [6.07, 6.45) is 1.10. The van der Waals surface area contributed by atoms with E-state index in [2.05, 4.69) is 15.3 Å². The van der Waals surface area contributed by atoms with Crippen LogP contribution in [0.15, 0.2) is 16.1 Å². The van der Waals surface area contributed by atoms with Crippen LogP contribution in [0.5, 0.6) is 0 Å². The lowest BCUT2D eigenvalue weighted by molar-refractivity contribution is 0.0690. The number of aryl methyl sites for hydroxylation is 1. The van der Waals surface area contributed by atoms with Crippen molar-refractivity contribution in [1.82, 2.24) is 9.97 Å². The van der Waals surface area contributed by atoms with Crippen molar-refractivity contribution in [3.8, 4) is 0 Å². The first-order chi connectivity index (χ1) is 7.65. The van der Waals surface area contributed by atoms with Crippen LogP contribution >= 0.6 is 11.3 Å². The number of hydrogen-bond donors (Lipinski definition) is 2. The van der Waals surface area contributed by atoms with Gasteiger partial charge in [0, 0.05) is 11.1 Å². The molecule has 0 amide bonds. The molecule has 84 valence electrons. The van der Waals surface area contributed by atoms with Gasteiger partial charge >= 0.3 is 5.97 Å². The second-order valence-electron chi connectivity index (χ2n) is 3.08. The van der Waals surface area contributed by atoms with Gasteiger partial charge in [-0.2, -0.15) is 4.98 Å². The third-order valence-electron chi connectivity index (χ3n) is 1.78. The van der Waals surface area contributed by atoms with Gasteiger partial charge in [-0.3, -0.25) is 0 Å². The minimum absolute atomic E-state index is 0.113. The maximum Gasteiger partial charge on any atom is 0.357 e. The summed E-state index contributed by atoms with van der Waals surface area (Å²) in [5.41, 5.74) is 0.846. The Morgan fingerprint density at radius 3 is 3.00 bits per heavy atom. The van der Waals surface area contributed by atoms with E-state index in [9.17, 15) is 4.79 Å². The van der Waals surface area contributed by atoms with Crippen molar-refractivity contribution in [3.05, 3.63) is 28.0 Å². The Bertz CT molecular complexity index is 506. The molecular formula is C9H9N3O3S. The van der Waals surface area contributed by atoms with Gasteiger partial charge in [-0.1, -0.05) is 0 Å². The fraction of sp³-hybridized carbons (Fsp3) is 0.222. The quantitative estimate of drug-likeness (QED) is 0.845. The van der Waals surface area contributed by atoms with E-state index in [1.165, 1.54) is 11.3 Å². The minimum Gasteiger partial charge on any atom is -0.476 e. The third-order valence-corrected chi connectivity index (χ3v) is 2.75. The Morgan fingerprint density at radius 1 is 1.62 bits per heavy atom. The van der Waals surface area contributed by atoms with Crippen LogP contribution in [-0.4, -0.2) is 21.0 Å². The Kier molecular flexibility index (Phi) is 2.86. The van der Waals surface area contributed by atoms with Gasteiger partial charge in [-0.25, -0.2) is 9.78 Å². The summed E-state index contributed by atoms with van der Waals surface area (Å²) >= 11 is 1.52. The Hall–Kier alpha value is -1.89. The van der Waals surface area contributed by atoms with Gasteiger partial charge in [-0.05, 0) is 6.92 Å². The van der Waals surface area contributed by atoms with Crippen molar-refractivity contribution >= 4 is 23.3 Å². The summed E-state index contributed by atoms with van der Waals surface area (Å²) in [5, 5.41) is 14.3. The molecule has 0 radical (unpaired) electrons. The first kappa shape index (κ1) is 10.6. The normalized spacial score (nSPS) is 10.3. The average Bonchev–Trinajstić information content (AvgIpc) is 2.83. The molecular weight excluding hydrogens is 230 g/mol. The fourth-order valence-electron chi connectivity index (χ4n) is 1.09. The largest absolute Gasteiger partial charge is 0.476 e. The third kappa shape index (κ3) is 2.37. The van der Waals surface area contributed by atoms with E-state index < -0.39 is 5.97 Å². The molecule has 0 aromatic carbocycles. The Labute approximate surface area is 95.0 Å². The molecule has 0 fully saturated rings. The molecule has 2 rings (SSSR count). The summed E-state index contributed by atoms with van der Waals surface area (Å²) in [5.74, 6) is -1.11. The Morgan fingerprint density at radius 2 is 2.44 bits per heavy atom. The van der Waals surface area contributed by atoms with Crippen LogP contribution in [0.1, 0.15) is 21.2 Å². The second-order valence-corrected chi connectivity index (χ2v) is 4.02. The summed E-state index contributed by atoms with van der Waals surface area (Å²) in [6.45, 7) is 2.38. The molecule has 0 unspecified atom stereocenters. The van der Waals surface area contributed by atoms with E-state index in [1.54, 1.807) is 0 Å². The van der Waals surface area contributed by atoms with Gasteiger partial charge in [0.1, 0.15) is 11.3 Å². The minimum atomic E-state index is -1.11. The number of nitrogens with one attached hydrogen (secondary N) is 1. The van der Waals surface area contributed by atoms with Crippen LogP contribution in [0, 0.1) is 6.92 Å². The van der Waals surface area contributed by atoms with E-state index >= 15 is 0 Å². The number of thiazole rings is 1. The van der Waals surface area contributed by atoms with Crippen molar-refractivity contribution in [3.63, 3.8) is 0 Å². The van der Waals surface area contributed by atoms with Gasteiger partial charge in [-0.15, -0.1) is 11.3 Å². The summed E-state index contributed by atoms with van der Waals surface area (Å²) in [4.78, 5) is 18.5. The number of nitrogens with zero attached hydrogens (tertiary/aromatic N) is 2. The van der Waals surface area contributed by atoms with E-state index in [-0.39, 0.29) is 11.7 Å². The molecule has 7 heteroatoms. The molecule has 0 bridgehead atoms. The lowest BCUT2D eigenvalue weighted by Crippen LogP contribution is -2.01. The number of carbonyl (C=O) groups is 1. The second kappa shape index (κ2) is 4.31. The number of hydrogen-bond acceptors (Lipinski definition) is 6. The molecule has 0 aliphatic heterocycles. The molecule has 0 aliphatic carbocycles. The summed E-state index contributed by atoms with van der Waals surface area (Å²) in [6, 6.07) is 0.185. The summed E-state index contributed by atoms with van der Waals surface area (Å²) in [7, 11) is 0. The van der Waals surface area contributed by atoms with Crippen LogP contribution in [0.4, 0.5) is 6.01 Å². The van der Waals surface area contributed by atoms with Crippen LogP contribution in [0.2, 0.25) is 0 Å². The molecule has 6 nitrogen and oxygen atoms in total. The van der Waals surface area contributed by atoms with Gasteiger partial charge in [0.25, 0.3) is 6.01 Å². The van der Waals surface area contributed by atoms with Crippen molar-refractivity contribution in [1.29, 1.82) is 0 Å². The van der Waals surface area contributed by atoms with Crippen LogP contribution in [0.3, 0.4) is 0 Å². The number of oxazole rings is 1. The topological polar surface area (TPSA) is 88.2 Å². The van der Waals surface area contributed by atoms with Gasteiger partial charge < -0.3 is 14.8 Å². The Balaban J connectivity index is 1.97. The van der Waals surface area contributed by atoms with Crippen LogP contribution < -0.4 is 5.32 Å². The standard InChI is InChI=1S/C9H9N3O3S/c1-5-4-16-7(11-5)2-10-9-12-6(3-15-9)8(13)14/h3-4H,2H2,1H3,(H,10,12)(H,13,14). The first-order valence-electron chi connectivity index (χ1n) is 4.49. The first-order valence-corrected chi connectivity index (χ1v) is 5.37. The van der Waals surface area contributed by atoms with Gasteiger partial charge in [0.2, 0.25) is 0 Å². The number of aromatic nitrogens is 2. The lowest BCUT2D eigenvalue weighted by atomic mass is 10.5. The number of carboxylic acid groups (broad SMARTS) is 1. The molecule has 0 saturated heterocycles. The van der Waals surface area contributed by atoms with E-state index in [1.807, 2.05) is 12.3 Å². The predicted octanol–water partition coefficient (Wildman–Crippen LogP) is 1.75. The van der Waals surface area contributed by atoms with Crippen molar-refractivity contribution in [2.45, 2.75) is 13.5 Å². The molecule has 0 aliphatic rings. The zero-order valence-electron chi connectivity index (χ0n) is 8.43. The summed E-state index contributed by atoms with van der Waals surface area (Å²) < 4.78 is 4.93. The van der Waals surface area contributed by atoms with E-state index in [0.29, 0.717) is 6.54 Å². The SMILES string of the molecule is Cc1csc(CNc2nc(C(=O)O)co2)n1. The smallest absolute Gasteiger partial charge is 0.357 e. The highest BCUT2D eigenvalue weighted by Crippen LogP contribution is 2.12. The number of anilines is 1. The van der Waals surface area contributed by atoms with E-state index in [0.717, 1.165) is 17.0 Å². The van der Waals surface area contributed by atoms with Gasteiger partial charge in [0.15, 0.2) is 5.69 Å². The molecule has 2 heterocycles. The molecule has 16 heavy (non-hydrogen) atoms. The van der Waals surface area contributed by atoms with Crippen molar-refractivity contribution in [2.75, 3.05) is 5.32 Å². The molecule has 0 spiro atoms. The van der Waals surface area contributed by atoms with Crippen molar-refractivity contribution < 1.29 is 14.3 Å². The number of aromatic carboxylic acids is 1. The molecule has 0 atom stereocenters. The highest BCUT2D eigenvalue weighted by atomic mass is 32.1.